The van der Waals surface area contributed by atoms with Gasteiger partial charge in [-0.3, -0.25) is 10.1 Å². The molecule has 1 N–H and O–H groups in total. The molecule has 1 unspecified atom stereocenters. The fourth-order valence-electron chi connectivity index (χ4n) is 1.94. The molecule has 19 heavy (non-hydrogen) atoms. The molecule has 5 heteroatoms. The highest BCUT2D eigenvalue weighted by molar-refractivity contribution is 9.10. The number of nitrogens with one attached hydrogen (secondary N) is 1. The van der Waals surface area contributed by atoms with Crippen LogP contribution in [0, 0.1) is 10.1 Å². The Morgan fingerprint density at radius 1 is 1.42 bits per heavy atom. The van der Waals surface area contributed by atoms with E-state index in [-0.39, 0.29) is 10.6 Å². The molecule has 106 valence electrons. The van der Waals surface area contributed by atoms with Gasteiger partial charge in [0.1, 0.15) is 0 Å². The minimum atomic E-state index is -0.330. The molecule has 1 atom stereocenters. The molecule has 0 radical (unpaired) electrons. The minimum absolute atomic E-state index is 0.169. The van der Waals surface area contributed by atoms with Gasteiger partial charge in [-0.1, -0.05) is 42.1 Å². The van der Waals surface area contributed by atoms with Crippen LogP contribution in [0.25, 0.3) is 0 Å². The van der Waals surface area contributed by atoms with E-state index >= 15 is 0 Å². The molecule has 0 heterocycles. The molecule has 0 aromatic heterocycles. The third kappa shape index (κ3) is 5.70. The summed E-state index contributed by atoms with van der Waals surface area (Å²) in [5.74, 6) is 0. The first-order chi connectivity index (χ1) is 9.04. The predicted octanol–water partition coefficient (Wildman–Crippen LogP) is 4.42. The van der Waals surface area contributed by atoms with E-state index in [1.165, 1.54) is 19.3 Å². The first kappa shape index (κ1) is 16.1. The van der Waals surface area contributed by atoms with Gasteiger partial charge in [0.25, 0.3) is 5.69 Å². The highest BCUT2D eigenvalue weighted by atomic mass is 79.9. The maximum atomic E-state index is 11.0. The largest absolute Gasteiger partial charge is 0.310 e. The quantitative estimate of drug-likeness (QED) is 0.436. The molecule has 0 bridgehead atoms. The monoisotopic (exact) mass is 328 g/mol. The van der Waals surface area contributed by atoms with Crippen LogP contribution in [-0.4, -0.2) is 11.0 Å². The summed E-state index contributed by atoms with van der Waals surface area (Å²) in [6.45, 7) is 4.85. The van der Waals surface area contributed by atoms with Gasteiger partial charge in [-0.05, 0) is 25.5 Å². The van der Waals surface area contributed by atoms with Crippen molar-refractivity contribution in [2.24, 2.45) is 0 Å². The summed E-state index contributed by atoms with van der Waals surface area (Å²) in [5, 5.41) is 14.3. The standard InChI is InChI=1S/C14H21BrN2O2/c1-3-4-5-6-11(2)16-10-12-7-8-13(15)9-14(12)17(18)19/h7-9,11,16H,3-6,10H2,1-2H3. The van der Waals surface area contributed by atoms with Crippen molar-refractivity contribution in [3.05, 3.63) is 38.3 Å². The van der Waals surface area contributed by atoms with E-state index in [9.17, 15) is 10.1 Å². The van der Waals surface area contributed by atoms with Crippen molar-refractivity contribution < 1.29 is 4.92 Å². The minimum Gasteiger partial charge on any atom is -0.310 e. The van der Waals surface area contributed by atoms with E-state index in [1.807, 2.05) is 6.07 Å². The zero-order chi connectivity index (χ0) is 14.3. The molecule has 1 aromatic carbocycles. The lowest BCUT2D eigenvalue weighted by Crippen LogP contribution is -2.25. The van der Waals surface area contributed by atoms with E-state index in [4.69, 9.17) is 0 Å². The van der Waals surface area contributed by atoms with Crippen LogP contribution in [0.2, 0.25) is 0 Å². The lowest BCUT2D eigenvalue weighted by Gasteiger charge is -2.13. The van der Waals surface area contributed by atoms with Crippen LogP contribution in [0.5, 0.6) is 0 Å². The second-order valence-electron chi connectivity index (χ2n) is 4.81. The van der Waals surface area contributed by atoms with Crippen LogP contribution in [-0.2, 0) is 6.54 Å². The first-order valence-electron chi connectivity index (χ1n) is 6.70. The number of halogens is 1. The normalized spacial score (nSPS) is 12.4. The summed E-state index contributed by atoms with van der Waals surface area (Å²) < 4.78 is 0.735. The average molecular weight is 329 g/mol. The van der Waals surface area contributed by atoms with E-state index in [1.54, 1.807) is 12.1 Å². The smallest absolute Gasteiger partial charge is 0.275 e. The Balaban J connectivity index is 2.55. The molecule has 1 aromatic rings. The number of unbranched alkanes of at least 4 members (excludes halogenated alkanes) is 2. The number of hydrogen-bond acceptors (Lipinski definition) is 3. The molecule has 0 aliphatic heterocycles. The predicted molar refractivity (Wildman–Crippen MR) is 81.2 cm³/mol. The van der Waals surface area contributed by atoms with Gasteiger partial charge in [0.05, 0.1) is 4.92 Å². The molecule has 4 nitrogen and oxygen atoms in total. The molecule has 0 aliphatic carbocycles. The molecule has 0 saturated heterocycles. The Hall–Kier alpha value is -0.940. The van der Waals surface area contributed by atoms with Crippen molar-refractivity contribution in [1.82, 2.24) is 5.32 Å². The maximum absolute atomic E-state index is 11.0. The highest BCUT2D eigenvalue weighted by Gasteiger charge is 2.14. The van der Waals surface area contributed by atoms with Crippen LogP contribution in [0.4, 0.5) is 5.69 Å². The van der Waals surface area contributed by atoms with E-state index < -0.39 is 0 Å². The summed E-state index contributed by atoms with van der Waals surface area (Å²) in [4.78, 5) is 10.7. The molecule has 0 amide bonds. The van der Waals surface area contributed by atoms with E-state index in [0.29, 0.717) is 12.6 Å². The third-order valence-electron chi connectivity index (χ3n) is 3.13. The van der Waals surface area contributed by atoms with E-state index in [0.717, 1.165) is 16.5 Å². The second kappa shape index (κ2) is 8.27. The highest BCUT2D eigenvalue weighted by Crippen LogP contribution is 2.23. The molecule has 1 rings (SSSR count). The van der Waals surface area contributed by atoms with Crippen LogP contribution < -0.4 is 5.32 Å². The fourth-order valence-corrected chi connectivity index (χ4v) is 2.29. The van der Waals surface area contributed by atoms with Gasteiger partial charge in [0.15, 0.2) is 0 Å². The molecule has 0 fully saturated rings. The lowest BCUT2D eigenvalue weighted by molar-refractivity contribution is -0.385. The molecule has 0 aliphatic rings. The third-order valence-corrected chi connectivity index (χ3v) is 3.62. The first-order valence-corrected chi connectivity index (χ1v) is 7.50. The van der Waals surface area contributed by atoms with Crippen molar-refractivity contribution in [2.75, 3.05) is 0 Å². The Morgan fingerprint density at radius 2 is 2.16 bits per heavy atom. The summed E-state index contributed by atoms with van der Waals surface area (Å²) >= 11 is 3.26. The summed E-state index contributed by atoms with van der Waals surface area (Å²) in [5.41, 5.74) is 0.901. The van der Waals surface area contributed by atoms with Gasteiger partial charge in [-0.2, -0.15) is 0 Å². The Bertz CT molecular complexity index is 424. The number of hydrogen-bond donors (Lipinski definition) is 1. The fraction of sp³-hybridized carbons (Fsp3) is 0.571. The van der Waals surface area contributed by atoms with Crippen molar-refractivity contribution >= 4 is 21.6 Å². The number of nitro benzene ring substituents is 1. The molecular weight excluding hydrogens is 308 g/mol. The van der Waals surface area contributed by atoms with Gasteiger partial charge in [-0.25, -0.2) is 0 Å². The average Bonchev–Trinajstić information content (AvgIpc) is 2.37. The van der Waals surface area contributed by atoms with Crippen LogP contribution in [0.15, 0.2) is 22.7 Å². The van der Waals surface area contributed by atoms with Gasteiger partial charge in [0, 0.05) is 28.7 Å². The Morgan fingerprint density at radius 3 is 2.79 bits per heavy atom. The van der Waals surface area contributed by atoms with Crippen molar-refractivity contribution in [3.8, 4) is 0 Å². The zero-order valence-electron chi connectivity index (χ0n) is 11.5. The van der Waals surface area contributed by atoms with E-state index in [2.05, 4.69) is 35.1 Å². The van der Waals surface area contributed by atoms with Crippen LogP contribution >= 0.6 is 15.9 Å². The SMILES string of the molecule is CCCCCC(C)NCc1ccc(Br)cc1[N+](=O)[O-]. The molecular formula is C14H21BrN2O2. The number of nitrogens with zero attached hydrogens (tertiary/aromatic N) is 1. The van der Waals surface area contributed by atoms with Crippen molar-refractivity contribution in [2.45, 2.75) is 52.1 Å². The molecule has 0 spiro atoms. The summed E-state index contributed by atoms with van der Waals surface area (Å²) in [6.07, 6.45) is 4.76. The van der Waals surface area contributed by atoms with Gasteiger partial charge in [-0.15, -0.1) is 0 Å². The van der Waals surface area contributed by atoms with Gasteiger partial charge < -0.3 is 5.32 Å². The number of nitro groups is 1. The molecule has 0 saturated carbocycles. The topological polar surface area (TPSA) is 55.2 Å². The summed E-state index contributed by atoms with van der Waals surface area (Å²) in [6, 6.07) is 5.58. The zero-order valence-corrected chi connectivity index (χ0v) is 13.1. The van der Waals surface area contributed by atoms with Crippen LogP contribution in [0.3, 0.4) is 0 Å². The Labute approximate surface area is 122 Å². The van der Waals surface area contributed by atoms with Gasteiger partial charge >= 0.3 is 0 Å². The van der Waals surface area contributed by atoms with Crippen molar-refractivity contribution in [1.29, 1.82) is 0 Å². The number of rotatable bonds is 8. The second-order valence-corrected chi connectivity index (χ2v) is 5.72. The number of benzene rings is 1. The Kier molecular flexibility index (Phi) is 7.02. The van der Waals surface area contributed by atoms with Crippen LogP contribution in [0.1, 0.15) is 45.1 Å². The lowest BCUT2D eigenvalue weighted by atomic mass is 10.1. The van der Waals surface area contributed by atoms with Gasteiger partial charge in [0.2, 0.25) is 0 Å². The summed E-state index contributed by atoms with van der Waals surface area (Å²) in [7, 11) is 0. The van der Waals surface area contributed by atoms with Crippen molar-refractivity contribution in [3.63, 3.8) is 0 Å². The maximum Gasteiger partial charge on any atom is 0.275 e.